The first-order valence-corrected chi connectivity index (χ1v) is 3.90. The van der Waals surface area contributed by atoms with Gasteiger partial charge < -0.3 is 0 Å². The molecule has 0 fully saturated rings. The molecule has 0 aromatic carbocycles. The molecule has 0 saturated carbocycles. The second-order valence-electron chi connectivity index (χ2n) is 2.50. The van der Waals surface area contributed by atoms with Crippen molar-refractivity contribution in [2.45, 2.75) is 13.8 Å². The molecular formula is C10H12N2. The molecule has 0 bridgehead atoms. The Morgan fingerprint density at radius 3 is 2.83 bits per heavy atom. The van der Waals surface area contributed by atoms with Crippen LogP contribution >= 0.6 is 0 Å². The summed E-state index contributed by atoms with van der Waals surface area (Å²) in [5, 5.41) is 0. The molecule has 1 rings (SSSR count). The summed E-state index contributed by atoms with van der Waals surface area (Å²) in [7, 11) is 0. The van der Waals surface area contributed by atoms with Crippen molar-refractivity contribution in [1.82, 2.24) is 9.97 Å². The highest BCUT2D eigenvalue weighted by molar-refractivity contribution is 5.47. The molecule has 0 N–H and O–H groups in total. The summed E-state index contributed by atoms with van der Waals surface area (Å²) in [5.74, 6) is 0. The van der Waals surface area contributed by atoms with Gasteiger partial charge in [0.05, 0.1) is 11.9 Å². The summed E-state index contributed by atoms with van der Waals surface area (Å²) >= 11 is 0. The minimum Gasteiger partial charge on any atom is -0.261 e. The van der Waals surface area contributed by atoms with Crippen molar-refractivity contribution in [1.29, 1.82) is 0 Å². The van der Waals surface area contributed by atoms with Gasteiger partial charge in [-0.05, 0) is 19.9 Å². The lowest BCUT2D eigenvalue weighted by molar-refractivity contribution is 1.18. The lowest BCUT2D eigenvalue weighted by Gasteiger charge is -1.90. The Balaban J connectivity index is 2.70. The fourth-order valence-corrected chi connectivity index (χ4v) is 0.710. The van der Waals surface area contributed by atoms with Gasteiger partial charge in [-0.25, -0.2) is 0 Å². The van der Waals surface area contributed by atoms with Crippen LogP contribution < -0.4 is 0 Å². The molecule has 1 aromatic rings. The van der Waals surface area contributed by atoms with Crippen LogP contribution in [0.15, 0.2) is 36.3 Å². The third-order valence-electron chi connectivity index (χ3n) is 1.56. The standard InChI is InChI=1S/C10H12N2/c1-3-9(2)4-5-10-8-11-6-7-12-10/h3-8H,1-2H3/b5-4-,9-3-. The summed E-state index contributed by atoms with van der Waals surface area (Å²) < 4.78 is 0. The molecule has 0 amide bonds. The van der Waals surface area contributed by atoms with Crippen molar-refractivity contribution in [3.63, 3.8) is 0 Å². The quantitative estimate of drug-likeness (QED) is 0.621. The van der Waals surface area contributed by atoms with E-state index in [-0.39, 0.29) is 0 Å². The fourth-order valence-electron chi connectivity index (χ4n) is 0.710. The minimum absolute atomic E-state index is 0.888. The van der Waals surface area contributed by atoms with E-state index in [1.54, 1.807) is 18.6 Å². The predicted molar refractivity (Wildman–Crippen MR) is 50.5 cm³/mol. The third-order valence-corrected chi connectivity index (χ3v) is 1.56. The first-order chi connectivity index (χ1) is 5.83. The van der Waals surface area contributed by atoms with Crippen molar-refractivity contribution in [2.75, 3.05) is 0 Å². The van der Waals surface area contributed by atoms with Crippen LogP contribution in [0.25, 0.3) is 6.08 Å². The van der Waals surface area contributed by atoms with Crippen LogP contribution in [-0.4, -0.2) is 9.97 Å². The molecular weight excluding hydrogens is 148 g/mol. The van der Waals surface area contributed by atoms with Gasteiger partial charge in [0.2, 0.25) is 0 Å². The number of hydrogen-bond acceptors (Lipinski definition) is 2. The topological polar surface area (TPSA) is 25.8 Å². The Hall–Kier alpha value is -1.44. The number of hydrogen-bond donors (Lipinski definition) is 0. The van der Waals surface area contributed by atoms with Gasteiger partial charge in [-0.2, -0.15) is 0 Å². The van der Waals surface area contributed by atoms with E-state index in [1.165, 1.54) is 5.57 Å². The summed E-state index contributed by atoms with van der Waals surface area (Å²) in [6.45, 7) is 4.06. The van der Waals surface area contributed by atoms with Crippen LogP contribution in [0.4, 0.5) is 0 Å². The number of allylic oxidation sites excluding steroid dienone is 3. The van der Waals surface area contributed by atoms with Gasteiger partial charge in [0.1, 0.15) is 0 Å². The summed E-state index contributed by atoms with van der Waals surface area (Å²) in [4.78, 5) is 8.06. The largest absolute Gasteiger partial charge is 0.261 e. The van der Waals surface area contributed by atoms with Gasteiger partial charge in [0, 0.05) is 12.4 Å². The van der Waals surface area contributed by atoms with Gasteiger partial charge in [0.15, 0.2) is 0 Å². The van der Waals surface area contributed by atoms with E-state index in [2.05, 4.69) is 9.97 Å². The van der Waals surface area contributed by atoms with Gasteiger partial charge >= 0.3 is 0 Å². The average Bonchev–Trinajstić information content (AvgIpc) is 2.16. The summed E-state index contributed by atoms with van der Waals surface area (Å²) in [6.07, 6.45) is 11.1. The Morgan fingerprint density at radius 2 is 2.25 bits per heavy atom. The van der Waals surface area contributed by atoms with Crippen molar-refractivity contribution in [2.24, 2.45) is 0 Å². The lowest BCUT2D eigenvalue weighted by Crippen LogP contribution is -1.79. The number of rotatable bonds is 2. The Labute approximate surface area is 72.7 Å². The third kappa shape index (κ3) is 2.66. The highest BCUT2D eigenvalue weighted by Gasteiger charge is 1.84. The number of aromatic nitrogens is 2. The molecule has 62 valence electrons. The molecule has 0 spiro atoms. The van der Waals surface area contributed by atoms with Crippen molar-refractivity contribution >= 4 is 6.08 Å². The van der Waals surface area contributed by atoms with Gasteiger partial charge in [-0.3, -0.25) is 9.97 Å². The molecule has 0 saturated heterocycles. The molecule has 0 atom stereocenters. The van der Waals surface area contributed by atoms with E-state index < -0.39 is 0 Å². The fraction of sp³-hybridized carbons (Fsp3) is 0.200. The zero-order valence-electron chi connectivity index (χ0n) is 7.36. The summed E-state index contributed by atoms with van der Waals surface area (Å²) in [6, 6.07) is 0. The maximum absolute atomic E-state index is 4.11. The van der Waals surface area contributed by atoms with Gasteiger partial charge in [-0.1, -0.05) is 17.7 Å². The van der Waals surface area contributed by atoms with Gasteiger partial charge in [-0.15, -0.1) is 0 Å². The Morgan fingerprint density at radius 1 is 1.42 bits per heavy atom. The predicted octanol–water partition coefficient (Wildman–Crippen LogP) is 2.46. The van der Waals surface area contributed by atoms with E-state index in [4.69, 9.17) is 0 Å². The van der Waals surface area contributed by atoms with E-state index in [1.807, 2.05) is 32.1 Å². The van der Waals surface area contributed by atoms with Crippen molar-refractivity contribution in [3.8, 4) is 0 Å². The molecule has 1 aromatic heterocycles. The average molecular weight is 160 g/mol. The number of nitrogens with zero attached hydrogens (tertiary/aromatic N) is 2. The molecule has 12 heavy (non-hydrogen) atoms. The van der Waals surface area contributed by atoms with E-state index in [9.17, 15) is 0 Å². The first kappa shape index (κ1) is 8.65. The van der Waals surface area contributed by atoms with Gasteiger partial charge in [0.25, 0.3) is 0 Å². The zero-order chi connectivity index (χ0) is 8.81. The van der Waals surface area contributed by atoms with E-state index in [0.717, 1.165) is 5.69 Å². The first-order valence-electron chi connectivity index (χ1n) is 3.90. The van der Waals surface area contributed by atoms with E-state index >= 15 is 0 Å². The minimum atomic E-state index is 0.888. The Bertz CT molecular complexity index is 286. The lowest BCUT2D eigenvalue weighted by atomic mass is 10.2. The van der Waals surface area contributed by atoms with Crippen LogP contribution in [0.1, 0.15) is 19.5 Å². The summed E-state index contributed by atoms with van der Waals surface area (Å²) in [5.41, 5.74) is 2.11. The van der Waals surface area contributed by atoms with Crippen molar-refractivity contribution < 1.29 is 0 Å². The van der Waals surface area contributed by atoms with Crippen LogP contribution in [0.5, 0.6) is 0 Å². The van der Waals surface area contributed by atoms with Crippen LogP contribution in [0.2, 0.25) is 0 Å². The van der Waals surface area contributed by atoms with Crippen molar-refractivity contribution in [3.05, 3.63) is 42.0 Å². The molecule has 1 heterocycles. The van der Waals surface area contributed by atoms with Crippen LogP contribution in [-0.2, 0) is 0 Å². The Kier molecular flexibility index (Phi) is 3.20. The highest BCUT2D eigenvalue weighted by atomic mass is 14.7. The van der Waals surface area contributed by atoms with Crippen LogP contribution in [0.3, 0.4) is 0 Å². The molecule has 2 nitrogen and oxygen atoms in total. The molecule has 0 unspecified atom stereocenters. The molecule has 2 heteroatoms. The monoisotopic (exact) mass is 160 g/mol. The smallest absolute Gasteiger partial charge is 0.0813 e. The second kappa shape index (κ2) is 4.44. The highest BCUT2D eigenvalue weighted by Crippen LogP contribution is 1.99. The zero-order valence-corrected chi connectivity index (χ0v) is 7.36. The molecule has 0 radical (unpaired) electrons. The second-order valence-corrected chi connectivity index (χ2v) is 2.50. The maximum Gasteiger partial charge on any atom is 0.0813 e. The van der Waals surface area contributed by atoms with E-state index in [0.29, 0.717) is 0 Å². The maximum atomic E-state index is 4.11. The SMILES string of the molecule is C/C=C(C)\C=C/c1cnccn1. The van der Waals surface area contributed by atoms with Crippen LogP contribution in [0, 0.1) is 0 Å². The molecule has 0 aliphatic carbocycles. The molecule has 0 aliphatic heterocycles. The molecule has 0 aliphatic rings. The normalized spacial score (nSPS) is 12.3.